The molecule has 0 radical (unpaired) electrons. The fourth-order valence-electron chi connectivity index (χ4n) is 4.17. The highest BCUT2D eigenvalue weighted by Crippen LogP contribution is 2.53. The minimum absolute atomic E-state index is 0.162. The number of halogens is 1. The molecule has 1 aliphatic carbocycles. The molecule has 0 aliphatic heterocycles. The van der Waals surface area contributed by atoms with Gasteiger partial charge in [-0.1, -0.05) is 60.1 Å². The van der Waals surface area contributed by atoms with E-state index in [0.29, 0.717) is 0 Å². The first-order chi connectivity index (χ1) is 10.7. The lowest BCUT2D eigenvalue weighted by Crippen LogP contribution is -2.22. The first-order valence-electron chi connectivity index (χ1n) is 8.03. The Bertz CT molecular complexity index is 872. The predicted octanol–water partition coefficient (Wildman–Crippen LogP) is 6.69. The van der Waals surface area contributed by atoms with Crippen LogP contribution in [0.25, 0.3) is 21.9 Å². The topological polar surface area (TPSA) is 0 Å². The maximum absolute atomic E-state index is 3.65. The predicted molar refractivity (Wildman–Crippen MR) is 98.4 cm³/mol. The van der Waals surface area contributed by atoms with E-state index in [1.54, 1.807) is 0 Å². The minimum atomic E-state index is 0.162. The van der Waals surface area contributed by atoms with Gasteiger partial charge in [0, 0.05) is 9.89 Å². The van der Waals surface area contributed by atoms with Crippen molar-refractivity contribution >= 4 is 26.7 Å². The maximum Gasteiger partial charge on any atom is 0.0210 e. The van der Waals surface area contributed by atoms with E-state index >= 15 is 0 Å². The summed E-state index contributed by atoms with van der Waals surface area (Å²) in [6.45, 7) is 4.64. The van der Waals surface area contributed by atoms with Gasteiger partial charge in [-0.05, 0) is 70.1 Å². The van der Waals surface area contributed by atoms with Gasteiger partial charge in [0.05, 0.1) is 0 Å². The van der Waals surface area contributed by atoms with Crippen LogP contribution in [0.5, 0.6) is 0 Å². The molecule has 0 bridgehead atoms. The van der Waals surface area contributed by atoms with Crippen LogP contribution in [0.4, 0.5) is 0 Å². The Morgan fingerprint density at radius 3 is 2.09 bits per heavy atom. The highest BCUT2D eigenvalue weighted by Gasteiger charge is 2.40. The molecule has 3 aromatic rings. The number of rotatable bonds is 2. The van der Waals surface area contributed by atoms with Gasteiger partial charge in [-0.15, -0.1) is 0 Å². The van der Waals surface area contributed by atoms with Crippen molar-refractivity contribution in [3.8, 4) is 11.1 Å². The lowest BCUT2D eigenvalue weighted by Gasteiger charge is -2.29. The molecule has 1 aliphatic rings. The summed E-state index contributed by atoms with van der Waals surface area (Å²) in [6, 6.07) is 20.3. The van der Waals surface area contributed by atoms with Crippen molar-refractivity contribution in [2.24, 2.45) is 0 Å². The average molecular weight is 351 g/mol. The zero-order chi connectivity index (χ0) is 15.3. The SMILES string of the molecule is CCC1(CC)c2ccc(Br)cc2-c2cc3ccccc3cc21. The van der Waals surface area contributed by atoms with E-state index in [9.17, 15) is 0 Å². The van der Waals surface area contributed by atoms with E-state index in [-0.39, 0.29) is 5.41 Å². The van der Waals surface area contributed by atoms with Gasteiger partial charge in [-0.25, -0.2) is 0 Å². The number of hydrogen-bond donors (Lipinski definition) is 0. The third-order valence-corrected chi connectivity index (χ3v) is 5.89. The zero-order valence-electron chi connectivity index (χ0n) is 13.0. The molecule has 0 saturated carbocycles. The second kappa shape index (κ2) is 4.96. The van der Waals surface area contributed by atoms with Crippen molar-refractivity contribution in [2.45, 2.75) is 32.1 Å². The molecule has 0 fully saturated rings. The van der Waals surface area contributed by atoms with Crippen LogP contribution in [-0.2, 0) is 5.41 Å². The van der Waals surface area contributed by atoms with Gasteiger partial charge >= 0.3 is 0 Å². The van der Waals surface area contributed by atoms with Crippen LogP contribution >= 0.6 is 15.9 Å². The van der Waals surface area contributed by atoms with E-state index in [4.69, 9.17) is 0 Å². The summed E-state index contributed by atoms with van der Waals surface area (Å²) in [5, 5.41) is 2.68. The molecule has 0 unspecified atom stereocenters. The highest BCUT2D eigenvalue weighted by atomic mass is 79.9. The van der Waals surface area contributed by atoms with Crippen molar-refractivity contribution < 1.29 is 0 Å². The summed E-state index contributed by atoms with van der Waals surface area (Å²) in [5.41, 5.74) is 5.97. The van der Waals surface area contributed by atoms with Gasteiger partial charge in [0.25, 0.3) is 0 Å². The Balaban J connectivity index is 2.13. The van der Waals surface area contributed by atoms with Crippen molar-refractivity contribution in [3.63, 3.8) is 0 Å². The number of hydrogen-bond acceptors (Lipinski definition) is 0. The number of fused-ring (bicyclic) bond motifs is 4. The monoisotopic (exact) mass is 350 g/mol. The normalized spacial score (nSPS) is 14.9. The Morgan fingerprint density at radius 2 is 1.41 bits per heavy atom. The molecule has 1 heteroatoms. The number of benzene rings is 3. The molecular formula is C21H19Br. The van der Waals surface area contributed by atoms with E-state index in [2.05, 4.69) is 84.4 Å². The molecule has 4 rings (SSSR count). The van der Waals surface area contributed by atoms with Crippen LogP contribution in [0.15, 0.2) is 59.1 Å². The first kappa shape index (κ1) is 14.0. The molecule has 0 saturated heterocycles. The summed E-state index contributed by atoms with van der Waals surface area (Å²) in [5.74, 6) is 0. The standard InChI is InChI=1S/C21H19Br/c1-3-21(4-2)19-10-9-16(22)13-18(19)17-11-14-7-5-6-8-15(14)12-20(17)21/h5-13H,3-4H2,1-2H3. The first-order valence-corrected chi connectivity index (χ1v) is 8.82. The van der Waals surface area contributed by atoms with Crippen LogP contribution in [-0.4, -0.2) is 0 Å². The van der Waals surface area contributed by atoms with Gasteiger partial charge in [0.1, 0.15) is 0 Å². The molecule has 0 heterocycles. The zero-order valence-corrected chi connectivity index (χ0v) is 14.6. The summed E-state index contributed by atoms with van der Waals surface area (Å²) >= 11 is 3.65. The molecule has 22 heavy (non-hydrogen) atoms. The van der Waals surface area contributed by atoms with Crippen molar-refractivity contribution in [1.82, 2.24) is 0 Å². The van der Waals surface area contributed by atoms with Gasteiger partial charge < -0.3 is 0 Å². The van der Waals surface area contributed by atoms with Crippen LogP contribution in [0.1, 0.15) is 37.8 Å². The molecule has 0 aromatic heterocycles. The van der Waals surface area contributed by atoms with Crippen molar-refractivity contribution in [2.75, 3.05) is 0 Å². The molecule has 0 nitrogen and oxygen atoms in total. The lowest BCUT2D eigenvalue weighted by atomic mass is 9.73. The molecule has 0 N–H and O–H groups in total. The molecule has 0 amide bonds. The lowest BCUT2D eigenvalue weighted by molar-refractivity contribution is 0.491. The van der Waals surface area contributed by atoms with Crippen LogP contribution in [0.3, 0.4) is 0 Å². The summed E-state index contributed by atoms with van der Waals surface area (Å²) < 4.78 is 1.16. The smallest absolute Gasteiger partial charge is 0.0210 e. The van der Waals surface area contributed by atoms with Crippen LogP contribution < -0.4 is 0 Å². The quantitative estimate of drug-likeness (QED) is 0.482. The third kappa shape index (κ3) is 1.75. The Morgan fingerprint density at radius 1 is 0.773 bits per heavy atom. The summed E-state index contributed by atoms with van der Waals surface area (Å²) in [4.78, 5) is 0. The maximum atomic E-state index is 3.65. The second-order valence-electron chi connectivity index (χ2n) is 6.22. The largest absolute Gasteiger partial charge is 0.0642 e. The van der Waals surface area contributed by atoms with Crippen LogP contribution in [0.2, 0.25) is 0 Å². The highest BCUT2D eigenvalue weighted by molar-refractivity contribution is 9.10. The molecule has 110 valence electrons. The molecular weight excluding hydrogens is 332 g/mol. The van der Waals surface area contributed by atoms with E-state index in [0.717, 1.165) is 17.3 Å². The minimum Gasteiger partial charge on any atom is -0.0642 e. The Labute approximate surface area is 140 Å². The van der Waals surface area contributed by atoms with E-state index in [1.807, 2.05) is 0 Å². The fourth-order valence-corrected chi connectivity index (χ4v) is 4.53. The third-order valence-electron chi connectivity index (χ3n) is 5.40. The summed E-state index contributed by atoms with van der Waals surface area (Å²) in [7, 11) is 0. The van der Waals surface area contributed by atoms with Crippen LogP contribution in [0, 0.1) is 0 Å². The van der Waals surface area contributed by atoms with Gasteiger partial charge in [-0.2, -0.15) is 0 Å². The van der Waals surface area contributed by atoms with E-state index in [1.165, 1.54) is 33.0 Å². The molecule has 0 atom stereocenters. The van der Waals surface area contributed by atoms with E-state index < -0.39 is 0 Å². The summed E-state index contributed by atoms with van der Waals surface area (Å²) in [6.07, 6.45) is 2.28. The average Bonchev–Trinajstić information content (AvgIpc) is 2.82. The fraction of sp³-hybridized carbons (Fsp3) is 0.238. The van der Waals surface area contributed by atoms with Crippen molar-refractivity contribution in [1.29, 1.82) is 0 Å². The Hall–Kier alpha value is -1.60. The van der Waals surface area contributed by atoms with Gasteiger partial charge in [0.2, 0.25) is 0 Å². The molecule has 3 aromatic carbocycles. The van der Waals surface area contributed by atoms with Gasteiger partial charge in [0.15, 0.2) is 0 Å². The Kier molecular flexibility index (Phi) is 3.16. The van der Waals surface area contributed by atoms with Crippen molar-refractivity contribution in [3.05, 3.63) is 70.2 Å². The van der Waals surface area contributed by atoms with Gasteiger partial charge in [-0.3, -0.25) is 0 Å². The molecule has 0 spiro atoms. The second-order valence-corrected chi connectivity index (χ2v) is 7.14.